The number of ether oxygens (including phenoxy) is 1. The van der Waals surface area contributed by atoms with Crippen molar-refractivity contribution in [2.75, 3.05) is 6.61 Å². The summed E-state index contributed by atoms with van der Waals surface area (Å²) < 4.78 is 5.91. The van der Waals surface area contributed by atoms with E-state index < -0.39 is 5.60 Å². The van der Waals surface area contributed by atoms with Gasteiger partial charge in [-0.1, -0.05) is 30.8 Å². The van der Waals surface area contributed by atoms with E-state index in [1.807, 2.05) is 19.9 Å². The quantitative estimate of drug-likeness (QED) is 0.836. The molecule has 1 aliphatic heterocycles. The molecule has 100 valence electrons. The molecule has 0 amide bonds. The Morgan fingerprint density at radius 1 is 1.32 bits per heavy atom. The van der Waals surface area contributed by atoms with Gasteiger partial charge in [-0.2, -0.15) is 0 Å². The number of hydrogen-bond donors (Lipinski definition) is 1. The lowest BCUT2D eigenvalue weighted by Gasteiger charge is -2.39. The van der Waals surface area contributed by atoms with Crippen molar-refractivity contribution in [1.82, 2.24) is 0 Å². The van der Waals surface area contributed by atoms with Crippen LogP contribution in [0.3, 0.4) is 0 Å². The topological polar surface area (TPSA) is 29.5 Å². The SMILES string of the molecule is C=C1COC2CCc3ccccc3C2=C1C(C)(C)O. The van der Waals surface area contributed by atoms with Gasteiger partial charge in [0.1, 0.15) is 0 Å². The van der Waals surface area contributed by atoms with Crippen LogP contribution in [0.15, 0.2) is 42.0 Å². The molecule has 0 radical (unpaired) electrons. The van der Waals surface area contributed by atoms with Gasteiger partial charge in [-0.05, 0) is 54.5 Å². The molecule has 1 atom stereocenters. The fraction of sp³-hybridized carbons (Fsp3) is 0.412. The summed E-state index contributed by atoms with van der Waals surface area (Å²) in [5, 5.41) is 10.5. The summed E-state index contributed by atoms with van der Waals surface area (Å²) in [6.07, 6.45) is 2.12. The number of aryl methyl sites for hydroxylation is 1. The van der Waals surface area contributed by atoms with Crippen LogP contribution in [0.2, 0.25) is 0 Å². The lowest BCUT2D eigenvalue weighted by Crippen LogP contribution is -2.35. The standard InChI is InChI=1S/C17H20O2/c1-11-10-19-14-9-8-12-6-4-5-7-13(12)15(14)16(11)17(2,3)18/h4-7,14,18H,1,8-10H2,2-3H3. The molecule has 3 rings (SSSR count). The van der Waals surface area contributed by atoms with Gasteiger partial charge in [-0.25, -0.2) is 0 Å². The maximum atomic E-state index is 10.5. The Morgan fingerprint density at radius 2 is 2.05 bits per heavy atom. The average molecular weight is 256 g/mol. The second-order valence-electron chi connectivity index (χ2n) is 5.95. The highest BCUT2D eigenvalue weighted by molar-refractivity contribution is 5.80. The fourth-order valence-electron chi connectivity index (χ4n) is 3.29. The van der Waals surface area contributed by atoms with Crippen molar-refractivity contribution in [3.8, 4) is 0 Å². The van der Waals surface area contributed by atoms with Crippen LogP contribution in [-0.4, -0.2) is 23.4 Å². The molecule has 2 aliphatic rings. The van der Waals surface area contributed by atoms with Gasteiger partial charge in [0.2, 0.25) is 0 Å². The zero-order valence-corrected chi connectivity index (χ0v) is 11.6. The van der Waals surface area contributed by atoms with Crippen molar-refractivity contribution in [3.63, 3.8) is 0 Å². The minimum Gasteiger partial charge on any atom is -0.386 e. The van der Waals surface area contributed by atoms with E-state index >= 15 is 0 Å². The zero-order valence-electron chi connectivity index (χ0n) is 11.6. The zero-order chi connectivity index (χ0) is 13.6. The first-order valence-corrected chi connectivity index (χ1v) is 6.83. The van der Waals surface area contributed by atoms with Crippen LogP contribution in [0.1, 0.15) is 31.4 Å². The lowest BCUT2D eigenvalue weighted by atomic mass is 9.76. The van der Waals surface area contributed by atoms with E-state index in [-0.39, 0.29) is 6.10 Å². The van der Waals surface area contributed by atoms with Crippen molar-refractivity contribution in [2.24, 2.45) is 0 Å². The van der Waals surface area contributed by atoms with Gasteiger partial charge in [0.05, 0.1) is 18.3 Å². The highest BCUT2D eigenvalue weighted by Gasteiger charge is 2.36. The van der Waals surface area contributed by atoms with Crippen LogP contribution in [0.25, 0.3) is 5.57 Å². The molecular formula is C17H20O2. The molecule has 0 aromatic heterocycles. The van der Waals surface area contributed by atoms with Crippen molar-refractivity contribution < 1.29 is 9.84 Å². The van der Waals surface area contributed by atoms with Gasteiger partial charge in [0, 0.05) is 0 Å². The minimum atomic E-state index is -0.876. The summed E-state index contributed by atoms with van der Waals surface area (Å²) in [7, 11) is 0. The number of fused-ring (bicyclic) bond motifs is 3. The molecule has 1 aromatic carbocycles. The highest BCUT2D eigenvalue weighted by atomic mass is 16.5. The molecule has 2 heteroatoms. The molecule has 1 heterocycles. The van der Waals surface area contributed by atoms with Gasteiger partial charge in [0.15, 0.2) is 0 Å². The summed E-state index contributed by atoms with van der Waals surface area (Å²) in [5.74, 6) is 0. The van der Waals surface area contributed by atoms with Crippen LogP contribution in [-0.2, 0) is 11.2 Å². The summed E-state index contributed by atoms with van der Waals surface area (Å²) in [5.41, 5.74) is 4.70. The first-order valence-electron chi connectivity index (χ1n) is 6.83. The van der Waals surface area contributed by atoms with Crippen LogP contribution in [0.5, 0.6) is 0 Å². The van der Waals surface area contributed by atoms with E-state index in [1.54, 1.807) is 0 Å². The Hall–Kier alpha value is -1.38. The first kappa shape index (κ1) is 12.6. The summed E-state index contributed by atoms with van der Waals surface area (Å²) in [6, 6.07) is 8.41. The van der Waals surface area contributed by atoms with E-state index in [4.69, 9.17) is 4.74 Å². The number of hydrogen-bond acceptors (Lipinski definition) is 2. The third-order valence-electron chi connectivity index (χ3n) is 4.00. The summed E-state index contributed by atoms with van der Waals surface area (Å²) in [4.78, 5) is 0. The normalized spacial score (nSPS) is 23.1. The highest BCUT2D eigenvalue weighted by Crippen LogP contribution is 2.43. The largest absolute Gasteiger partial charge is 0.386 e. The molecule has 19 heavy (non-hydrogen) atoms. The molecule has 0 saturated heterocycles. The molecule has 0 bridgehead atoms. The number of rotatable bonds is 1. The van der Waals surface area contributed by atoms with Crippen LogP contribution >= 0.6 is 0 Å². The average Bonchev–Trinajstić information content (AvgIpc) is 2.37. The maximum absolute atomic E-state index is 10.5. The van der Waals surface area contributed by atoms with E-state index in [1.165, 1.54) is 11.1 Å². The third-order valence-corrected chi connectivity index (χ3v) is 4.00. The van der Waals surface area contributed by atoms with Gasteiger partial charge < -0.3 is 9.84 Å². The summed E-state index contributed by atoms with van der Waals surface area (Å²) in [6.45, 7) is 8.27. The molecule has 1 unspecified atom stereocenters. The van der Waals surface area contributed by atoms with Crippen molar-refractivity contribution >= 4 is 5.57 Å². The fourth-order valence-corrected chi connectivity index (χ4v) is 3.29. The van der Waals surface area contributed by atoms with Crippen molar-refractivity contribution in [1.29, 1.82) is 0 Å². The molecular weight excluding hydrogens is 236 g/mol. The Balaban J connectivity index is 2.27. The number of benzene rings is 1. The van der Waals surface area contributed by atoms with E-state index in [0.29, 0.717) is 6.61 Å². The Labute approximate surface area is 114 Å². The second-order valence-corrected chi connectivity index (χ2v) is 5.95. The van der Waals surface area contributed by atoms with Crippen molar-refractivity contribution in [3.05, 3.63) is 53.1 Å². The van der Waals surface area contributed by atoms with E-state index in [0.717, 1.165) is 29.6 Å². The van der Waals surface area contributed by atoms with Crippen molar-refractivity contribution in [2.45, 2.75) is 38.4 Å². The molecule has 0 spiro atoms. The Morgan fingerprint density at radius 3 is 2.79 bits per heavy atom. The predicted molar refractivity (Wildman–Crippen MR) is 76.9 cm³/mol. The summed E-state index contributed by atoms with van der Waals surface area (Å²) >= 11 is 0. The molecule has 2 nitrogen and oxygen atoms in total. The Kier molecular flexibility index (Phi) is 2.88. The van der Waals surface area contributed by atoms with Crippen LogP contribution in [0, 0.1) is 0 Å². The monoisotopic (exact) mass is 256 g/mol. The van der Waals surface area contributed by atoms with Gasteiger partial charge in [0.25, 0.3) is 0 Å². The lowest BCUT2D eigenvalue weighted by molar-refractivity contribution is 0.0760. The molecule has 1 N–H and O–H groups in total. The second kappa shape index (κ2) is 4.32. The van der Waals surface area contributed by atoms with E-state index in [2.05, 4.69) is 24.8 Å². The molecule has 1 aromatic rings. The number of aliphatic hydroxyl groups is 1. The van der Waals surface area contributed by atoms with Gasteiger partial charge >= 0.3 is 0 Å². The Bertz CT molecular complexity index is 561. The maximum Gasteiger partial charge on any atom is 0.0847 e. The molecule has 1 aliphatic carbocycles. The molecule has 0 saturated carbocycles. The van der Waals surface area contributed by atoms with Crippen LogP contribution in [0.4, 0.5) is 0 Å². The van der Waals surface area contributed by atoms with E-state index in [9.17, 15) is 5.11 Å². The smallest absolute Gasteiger partial charge is 0.0847 e. The first-order chi connectivity index (χ1) is 8.98. The third kappa shape index (κ3) is 2.05. The molecule has 0 fully saturated rings. The van der Waals surface area contributed by atoms with Crippen LogP contribution < -0.4 is 0 Å². The predicted octanol–water partition coefficient (Wildman–Crippen LogP) is 3.11. The van der Waals surface area contributed by atoms with Gasteiger partial charge in [-0.15, -0.1) is 0 Å². The van der Waals surface area contributed by atoms with Gasteiger partial charge in [-0.3, -0.25) is 0 Å². The minimum absolute atomic E-state index is 0.0989.